The molecule has 1 aliphatic heterocycles. The first-order valence-electron chi connectivity index (χ1n) is 8.96. The Hall–Kier alpha value is -2.96. The van der Waals surface area contributed by atoms with Gasteiger partial charge in [0.2, 0.25) is 5.91 Å². The highest BCUT2D eigenvalue weighted by molar-refractivity contribution is 5.92. The molecule has 0 radical (unpaired) electrons. The van der Waals surface area contributed by atoms with Crippen LogP contribution in [0.2, 0.25) is 0 Å². The van der Waals surface area contributed by atoms with Crippen LogP contribution in [0, 0.1) is 13.8 Å². The van der Waals surface area contributed by atoms with Crippen LogP contribution in [0.15, 0.2) is 30.7 Å². The van der Waals surface area contributed by atoms with E-state index in [1.165, 1.54) is 18.6 Å². The Morgan fingerprint density at radius 2 is 1.74 bits per heavy atom. The molecule has 1 aliphatic rings. The van der Waals surface area contributed by atoms with E-state index < -0.39 is 0 Å². The first kappa shape index (κ1) is 18.8. The maximum Gasteiger partial charge on any atom is 0.274 e. The normalized spacial score (nSPS) is 14.2. The highest BCUT2D eigenvalue weighted by Crippen LogP contribution is 2.23. The van der Waals surface area contributed by atoms with Crippen molar-refractivity contribution in [2.75, 3.05) is 33.3 Å². The van der Waals surface area contributed by atoms with Crippen molar-refractivity contribution in [2.45, 2.75) is 20.3 Å². The second-order valence-corrected chi connectivity index (χ2v) is 6.69. The topological polar surface area (TPSA) is 75.6 Å². The Balaban J connectivity index is 1.59. The number of carbonyl (C=O) groups is 2. The lowest BCUT2D eigenvalue weighted by molar-refractivity contribution is -0.131. The predicted molar refractivity (Wildman–Crippen MR) is 101 cm³/mol. The van der Waals surface area contributed by atoms with E-state index in [1.807, 2.05) is 30.9 Å². The fourth-order valence-electron chi connectivity index (χ4n) is 3.27. The van der Waals surface area contributed by atoms with Gasteiger partial charge in [-0.15, -0.1) is 0 Å². The van der Waals surface area contributed by atoms with Gasteiger partial charge in [-0.1, -0.05) is 6.07 Å². The van der Waals surface area contributed by atoms with Crippen molar-refractivity contribution in [3.63, 3.8) is 0 Å². The number of methoxy groups -OCH3 is 1. The SMILES string of the molecule is COc1cc(C)c(CC(=O)N2CCN(C(=O)c3cnccn3)CC2)cc1C. The number of amides is 2. The number of rotatable bonds is 4. The molecule has 0 unspecified atom stereocenters. The first-order chi connectivity index (χ1) is 13.0. The monoisotopic (exact) mass is 368 g/mol. The Labute approximate surface area is 159 Å². The Kier molecular flexibility index (Phi) is 5.69. The molecule has 1 fully saturated rings. The summed E-state index contributed by atoms with van der Waals surface area (Å²) in [4.78, 5) is 36.6. The Bertz CT molecular complexity index is 831. The summed E-state index contributed by atoms with van der Waals surface area (Å²) >= 11 is 0. The van der Waals surface area contributed by atoms with E-state index in [4.69, 9.17) is 4.74 Å². The van der Waals surface area contributed by atoms with E-state index in [2.05, 4.69) is 9.97 Å². The molecule has 27 heavy (non-hydrogen) atoms. The van der Waals surface area contributed by atoms with Gasteiger partial charge in [0.05, 0.1) is 19.7 Å². The van der Waals surface area contributed by atoms with Crippen LogP contribution >= 0.6 is 0 Å². The molecule has 0 saturated carbocycles. The van der Waals surface area contributed by atoms with Crippen molar-refractivity contribution in [2.24, 2.45) is 0 Å². The quantitative estimate of drug-likeness (QED) is 0.820. The largest absolute Gasteiger partial charge is 0.496 e. The number of hydrogen-bond donors (Lipinski definition) is 0. The smallest absolute Gasteiger partial charge is 0.274 e. The summed E-state index contributed by atoms with van der Waals surface area (Å²) in [5.41, 5.74) is 3.41. The van der Waals surface area contributed by atoms with Crippen LogP contribution in [0.25, 0.3) is 0 Å². The number of carbonyl (C=O) groups excluding carboxylic acids is 2. The molecule has 0 atom stereocenters. The van der Waals surface area contributed by atoms with Crippen molar-refractivity contribution in [1.29, 1.82) is 0 Å². The van der Waals surface area contributed by atoms with Crippen LogP contribution in [0.3, 0.4) is 0 Å². The maximum atomic E-state index is 12.7. The molecule has 1 aromatic carbocycles. The molecule has 142 valence electrons. The van der Waals surface area contributed by atoms with Crippen LogP contribution in [-0.2, 0) is 11.2 Å². The summed E-state index contributed by atoms with van der Waals surface area (Å²) in [5, 5.41) is 0. The molecule has 2 amide bonds. The number of piperazine rings is 1. The minimum Gasteiger partial charge on any atom is -0.496 e. The van der Waals surface area contributed by atoms with Crippen LogP contribution in [-0.4, -0.2) is 64.9 Å². The molecule has 3 rings (SSSR count). The van der Waals surface area contributed by atoms with E-state index in [1.54, 1.807) is 12.0 Å². The van der Waals surface area contributed by atoms with Crippen LogP contribution in [0.1, 0.15) is 27.2 Å². The van der Waals surface area contributed by atoms with Crippen molar-refractivity contribution in [3.05, 3.63) is 53.1 Å². The number of aromatic nitrogens is 2. The number of hydrogen-bond acceptors (Lipinski definition) is 5. The van der Waals surface area contributed by atoms with Gasteiger partial charge in [0, 0.05) is 38.6 Å². The lowest BCUT2D eigenvalue weighted by atomic mass is 10.0. The fourth-order valence-corrected chi connectivity index (χ4v) is 3.27. The first-order valence-corrected chi connectivity index (χ1v) is 8.96. The van der Waals surface area contributed by atoms with Gasteiger partial charge in [0.15, 0.2) is 0 Å². The van der Waals surface area contributed by atoms with Gasteiger partial charge in [-0.3, -0.25) is 14.6 Å². The second kappa shape index (κ2) is 8.16. The summed E-state index contributed by atoms with van der Waals surface area (Å²) < 4.78 is 5.33. The molecule has 0 N–H and O–H groups in total. The zero-order valence-electron chi connectivity index (χ0n) is 15.9. The van der Waals surface area contributed by atoms with Gasteiger partial charge < -0.3 is 14.5 Å². The number of ether oxygens (including phenoxy) is 1. The highest BCUT2D eigenvalue weighted by Gasteiger charge is 2.25. The highest BCUT2D eigenvalue weighted by atomic mass is 16.5. The molecule has 0 spiro atoms. The molecule has 1 saturated heterocycles. The molecule has 7 heteroatoms. The number of benzene rings is 1. The lowest BCUT2D eigenvalue weighted by Crippen LogP contribution is -2.51. The standard InChI is InChI=1S/C20H24N4O3/c1-14-11-18(27-3)15(2)10-16(14)12-19(25)23-6-8-24(9-7-23)20(26)17-13-21-4-5-22-17/h4-5,10-11,13H,6-9,12H2,1-3H3. The molecule has 2 aromatic rings. The van der Waals surface area contributed by atoms with Crippen molar-refractivity contribution in [3.8, 4) is 5.75 Å². The summed E-state index contributed by atoms with van der Waals surface area (Å²) in [6.07, 6.45) is 4.87. The summed E-state index contributed by atoms with van der Waals surface area (Å²) in [5.74, 6) is 0.769. The number of aryl methyl sites for hydroxylation is 2. The Morgan fingerprint density at radius 3 is 2.37 bits per heavy atom. The summed E-state index contributed by atoms with van der Waals surface area (Å²) in [6.45, 7) is 6.02. The van der Waals surface area contributed by atoms with Gasteiger partial charge in [-0.25, -0.2) is 4.98 Å². The average molecular weight is 368 g/mol. The maximum absolute atomic E-state index is 12.7. The van der Waals surface area contributed by atoms with Crippen molar-refractivity contribution >= 4 is 11.8 Å². The molecule has 1 aromatic heterocycles. The molecular formula is C20H24N4O3. The van der Waals surface area contributed by atoms with E-state index in [-0.39, 0.29) is 11.8 Å². The molecular weight excluding hydrogens is 344 g/mol. The average Bonchev–Trinajstić information content (AvgIpc) is 2.70. The van der Waals surface area contributed by atoms with Gasteiger partial charge in [0.25, 0.3) is 5.91 Å². The third-order valence-corrected chi connectivity index (χ3v) is 4.90. The lowest BCUT2D eigenvalue weighted by Gasteiger charge is -2.34. The van der Waals surface area contributed by atoms with Crippen LogP contribution in [0.5, 0.6) is 5.75 Å². The predicted octanol–water partition coefficient (Wildman–Crippen LogP) is 1.63. The van der Waals surface area contributed by atoms with Crippen molar-refractivity contribution < 1.29 is 14.3 Å². The second-order valence-electron chi connectivity index (χ2n) is 6.69. The third-order valence-electron chi connectivity index (χ3n) is 4.90. The van der Waals surface area contributed by atoms with Crippen LogP contribution < -0.4 is 4.74 Å². The zero-order chi connectivity index (χ0) is 19.4. The third kappa shape index (κ3) is 4.24. The van der Waals surface area contributed by atoms with Gasteiger partial charge in [-0.2, -0.15) is 0 Å². The van der Waals surface area contributed by atoms with Gasteiger partial charge >= 0.3 is 0 Å². The molecule has 7 nitrogen and oxygen atoms in total. The van der Waals surface area contributed by atoms with Gasteiger partial charge in [-0.05, 0) is 36.6 Å². The van der Waals surface area contributed by atoms with Crippen molar-refractivity contribution in [1.82, 2.24) is 19.8 Å². The fraction of sp³-hybridized carbons (Fsp3) is 0.400. The summed E-state index contributed by atoms with van der Waals surface area (Å²) in [6, 6.07) is 3.98. The molecule has 2 heterocycles. The van der Waals surface area contributed by atoms with Crippen LogP contribution in [0.4, 0.5) is 0 Å². The molecule has 0 aliphatic carbocycles. The minimum absolute atomic E-state index is 0.0780. The number of nitrogens with zero attached hydrogens (tertiary/aromatic N) is 4. The van der Waals surface area contributed by atoms with E-state index >= 15 is 0 Å². The van der Waals surface area contributed by atoms with E-state index in [0.29, 0.717) is 38.3 Å². The minimum atomic E-state index is -0.142. The van der Waals surface area contributed by atoms with Gasteiger partial charge in [0.1, 0.15) is 11.4 Å². The summed E-state index contributed by atoms with van der Waals surface area (Å²) in [7, 11) is 1.65. The molecule has 0 bridgehead atoms. The Morgan fingerprint density at radius 1 is 1.04 bits per heavy atom. The van der Waals surface area contributed by atoms with E-state index in [9.17, 15) is 9.59 Å². The van der Waals surface area contributed by atoms with E-state index in [0.717, 1.165) is 22.4 Å². The zero-order valence-corrected chi connectivity index (χ0v) is 15.9.